The lowest BCUT2D eigenvalue weighted by Crippen LogP contribution is -2.42. The maximum Gasteiger partial charge on any atom is 0.256 e. The van der Waals surface area contributed by atoms with Crippen molar-refractivity contribution in [3.63, 3.8) is 0 Å². The summed E-state index contributed by atoms with van der Waals surface area (Å²) in [5, 5.41) is 5.32. The van der Waals surface area contributed by atoms with E-state index in [1.165, 1.54) is 12.1 Å². The Morgan fingerprint density at radius 3 is 2.68 bits per heavy atom. The molecule has 5 nitrogen and oxygen atoms in total. The van der Waals surface area contributed by atoms with Crippen LogP contribution in [-0.4, -0.2) is 17.9 Å². The number of hydrogen-bond acceptors (Lipinski definition) is 3. The van der Waals surface area contributed by atoms with Gasteiger partial charge in [-0.25, -0.2) is 4.39 Å². The molecule has 2 amide bonds. The van der Waals surface area contributed by atoms with Gasteiger partial charge >= 0.3 is 0 Å². The average Bonchev–Trinajstić information content (AvgIpc) is 2.57. The van der Waals surface area contributed by atoms with Gasteiger partial charge in [-0.3, -0.25) is 9.59 Å². The third kappa shape index (κ3) is 2.63. The second-order valence-electron chi connectivity index (χ2n) is 5.12. The Hall–Kier alpha value is -2.89. The van der Waals surface area contributed by atoms with E-state index in [4.69, 9.17) is 5.73 Å². The summed E-state index contributed by atoms with van der Waals surface area (Å²) < 4.78 is 13.2. The van der Waals surface area contributed by atoms with Crippen LogP contribution in [0.15, 0.2) is 42.5 Å². The topological polar surface area (TPSA) is 84.2 Å². The number of rotatable bonds is 2. The fraction of sp³-hybridized carbons (Fsp3) is 0.125. The Kier molecular flexibility index (Phi) is 3.50. The number of carbonyl (C=O) groups is 2. The minimum absolute atomic E-state index is 0.198. The van der Waals surface area contributed by atoms with Crippen molar-refractivity contribution < 1.29 is 14.0 Å². The first-order valence-electron chi connectivity index (χ1n) is 6.79. The number of halogens is 1. The molecule has 0 radical (unpaired) electrons. The molecule has 22 heavy (non-hydrogen) atoms. The number of hydrogen-bond donors (Lipinski definition) is 3. The molecule has 1 aliphatic rings. The maximum atomic E-state index is 13.2. The standard InChI is InChI=1S/C16H14FN3O2/c17-10-4-1-3-9(7-10)8-13-15(21)19-12-6-2-5-11(18)14(12)16(22)20-13/h1-7,13H,8,18H2,(H,19,21)(H,20,22)/t13-/m0/s1. The molecular formula is C16H14FN3O2. The van der Waals surface area contributed by atoms with Crippen LogP contribution in [0.3, 0.4) is 0 Å². The highest BCUT2D eigenvalue weighted by atomic mass is 19.1. The summed E-state index contributed by atoms with van der Waals surface area (Å²) in [4.78, 5) is 24.5. The number of amides is 2. The van der Waals surface area contributed by atoms with Gasteiger partial charge in [0.25, 0.3) is 5.91 Å². The summed E-state index contributed by atoms with van der Waals surface area (Å²) in [5.41, 5.74) is 7.35. The van der Waals surface area contributed by atoms with Gasteiger partial charge in [-0.15, -0.1) is 0 Å². The van der Waals surface area contributed by atoms with Crippen LogP contribution >= 0.6 is 0 Å². The molecule has 0 unspecified atom stereocenters. The zero-order valence-corrected chi connectivity index (χ0v) is 11.6. The summed E-state index contributed by atoms with van der Waals surface area (Å²) in [6.07, 6.45) is 0.198. The summed E-state index contributed by atoms with van der Waals surface area (Å²) in [6, 6.07) is 10.0. The molecule has 1 heterocycles. The highest BCUT2D eigenvalue weighted by molar-refractivity contribution is 6.12. The van der Waals surface area contributed by atoms with Crippen molar-refractivity contribution >= 4 is 23.2 Å². The zero-order valence-electron chi connectivity index (χ0n) is 11.6. The van der Waals surface area contributed by atoms with E-state index >= 15 is 0 Å². The minimum Gasteiger partial charge on any atom is -0.398 e. The van der Waals surface area contributed by atoms with E-state index in [9.17, 15) is 14.0 Å². The van der Waals surface area contributed by atoms with Crippen LogP contribution in [0.1, 0.15) is 15.9 Å². The third-order valence-corrected chi connectivity index (χ3v) is 3.53. The Morgan fingerprint density at radius 1 is 1.14 bits per heavy atom. The van der Waals surface area contributed by atoms with E-state index in [-0.39, 0.29) is 23.7 Å². The van der Waals surface area contributed by atoms with E-state index in [1.807, 2.05) is 0 Å². The first kappa shape index (κ1) is 14.1. The molecule has 0 bridgehead atoms. The molecule has 1 atom stereocenters. The normalized spacial score (nSPS) is 17.2. The van der Waals surface area contributed by atoms with Crippen LogP contribution < -0.4 is 16.4 Å². The molecule has 1 aliphatic heterocycles. The van der Waals surface area contributed by atoms with Gasteiger partial charge in [0.1, 0.15) is 11.9 Å². The molecule has 0 aliphatic carbocycles. The number of nitrogens with two attached hydrogens (primary N) is 1. The van der Waals surface area contributed by atoms with Gasteiger partial charge < -0.3 is 16.4 Å². The molecule has 4 N–H and O–H groups in total. The monoisotopic (exact) mass is 299 g/mol. The highest BCUT2D eigenvalue weighted by Crippen LogP contribution is 2.24. The largest absolute Gasteiger partial charge is 0.398 e. The van der Waals surface area contributed by atoms with E-state index < -0.39 is 11.9 Å². The summed E-state index contributed by atoms with van der Waals surface area (Å²) >= 11 is 0. The number of nitrogen functional groups attached to an aromatic ring is 1. The smallest absolute Gasteiger partial charge is 0.256 e. The number of fused-ring (bicyclic) bond motifs is 1. The summed E-state index contributed by atoms with van der Waals surface area (Å²) in [6.45, 7) is 0. The number of carbonyl (C=O) groups excluding carboxylic acids is 2. The van der Waals surface area contributed by atoms with Crippen molar-refractivity contribution in [2.75, 3.05) is 11.1 Å². The van der Waals surface area contributed by atoms with Crippen LogP contribution in [0.2, 0.25) is 0 Å². The van der Waals surface area contributed by atoms with Crippen LogP contribution in [0.25, 0.3) is 0 Å². The first-order valence-corrected chi connectivity index (χ1v) is 6.79. The molecule has 3 rings (SSSR count). The summed E-state index contributed by atoms with van der Waals surface area (Å²) in [7, 11) is 0. The average molecular weight is 299 g/mol. The van der Waals surface area contributed by atoms with Crippen LogP contribution in [0.4, 0.5) is 15.8 Å². The minimum atomic E-state index is -0.791. The van der Waals surface area contributed by atoms with Gasteiger partial charge in [0, 0.05) is 12.1 Å². The molecule has 0 saturated heterocycles. The van der Waals surface area contributed by atoms with Gasteiger partial charge in [-0.05, 0) is 29.8 Å². The van der Waals surface area contributed by atoms with Gasteiger partial charge in [0.05, 0.1) is 11.3 Å². The Balaban J connectivity index is 1.89. The molecule has 0 fully saturated rings. The Morgan fingerprint density at radius 2 is 1.91 bits per heavy atom. The predicted molar refractivity (Wildman–Crippen MR) is 80.8 cm³/mol. The fourth-order valence-corrected chi connectivity index (χ4v) is 2.49. The van der Waals surface area contributed by atoms with Crippen LogP contribution in [0.5, 0.6) is 0 Å². The number of benzene rings is 2. The van der Waals surface area contributed by atoms with Crippen molar-refractivity contribution in [1.29, 1.82) is 0 Å². The number of nitrogens with one attached hydrogen (secondary N) is 2. The maximum absolute atomic E-state index is 13.2. The van der Waals surface area contributed by atoms with E-state index in [0.717, 1.165) is 0 Å². The predicted octanol–water partition coefficient (Wildman–Crippen LogP) is 1.70. The molecule has 0 saturated carbocycles. The molecule has 6 heteroatoms. The van der Waals surface area contributed by atoms with Gasteiger partial charge in [0.2, 0.25) is 5.91 Å². The molecule has 112 valence electrons. The van der Waals surface area contributed by atoms with E-state index in [0.29, 0.717) is 16.9 Å². The van der Waals surface area contributed by atoms with Gasteiger partial charge in [-0.2, -0.15) is 0 Å². The van der Waals surface area contributed by atoms with Crippen LogP contribution in [-0.2, 0) is 11.2 Å². The number of anilines is 2. The van der Waals surface area contributed by atoms with Crippen molar-refractivity contribution in [2.24, 2.45) is 0 Å². The third-order valence-electron chi connectivity index (χ3n) is 3.53. The van der Waals surface area contributed by atoms with E-state index in [1.54, 1.807) is 30.3 Å². The lowest BCUT2D eigenvalue weighted by Gasteiger charge is -2.14. The molecular weight excluding hydrogens is 285 g/mol. The molecule has 2 aromatic carbocycles. The van der Waals surface area contributed by atoms with Crippen molar-refractivity contribution in [1.82, 2.24) is 5.32 Å². The van der Waals surface area contributed by atoms with Crippen LogP contribution in [0, 0.1) is 5.82 Å². The van der Waals surface area contributed by atoms with Gasteiger partial charge in [-0.1, -0.05) is 18.2 Å². The Bertz CT molecular complexity index is 761. The SMILES string of the molecule is Nc1cccc2c1C(=O)N[C@@H](Cc1cccc(F)c1)C(=O)N2. The lowest BCUT2D eigenvalue weighted by atomic mass is 10.1. The quantitative estimate of drug-likeness (QED) is 0.738. The fourth-order valence-electron chi connectivity index (χ4n) is 2.49. The van der Waals surface area contributed by atoms with E-state index in [2.05, 4.69) is 10.6 Å². The zero-order chi connectivity index (χ0) is 15.7. The first-order chi connectivity index (χ1) is 10.5. The van der Waals surface area contributed by atoms with Gasteiger partial charge in [0.15, 0.2) is 0 Å². The van der Waals surface area contributed by atoms with Crippen molar-refractivity contribution in [3.05, 3.63) is 59.4 Å². The Labute approximate surface area is 126 Å². The lowest BCUT2D eigenvalue weighted by molar-refractivity contribution is -0.117. The summed E-state index contributed by atoms with van der Waals surface area (Å²) in [5.74, 6) is -1.17. The molecule has 0 aromatic heterocycles. The molecule has 0 spiro atoms. The highest BCUT2D eigenvalue weighted by Gasteiger charge is 2.29. The second-order valence-corrected chi connectivity index (χ2v) is 5.12. The second kappa shape index (κ2) is 5.48. The van der Waals surface area contributed by atoms with Crippen molar-refractivity contribution in [3.8, 4) is 0 Å². The van der Waals surface area contributed by atoms with Crippen molar-refractivity contribution in [2.45, 2.75) is 12.5 Å². The molecule has 2 aromatic rings.